The molecule has 9 heteroatoms. The third-order valence-electron chi connectivity index (χ3n) is 4.43. The minimum Gasteiger partial charge on any atom is -0.345 e. The first kappa shape index (κ1) is 17.2. The maximum absolute atomic E-state index is 12.4. The summed E-state index contributed by atoms with van der Waals surface area (Å²) in [7, 11) is 0. The van der Waals surface area contributed by atoms with Crippen LogP contribution in [-0.4, -0.2) is 47.0 Å². The number of aromatic nitrogens is 1. The molecule has 0 atom stereocenters. The number of nitro benzene ring substituents is 1. The Labute approximate surface area is 159 Å². The molecule has 1 saturated heterocycles. The number of thiazole rings is 1. The maximum Gasteiger partial charge on any atom is 0.321 e. The predicted molar refractivity (Wildman–Crippen MR) is 106 cm³/mol. The van der Waals surface area contributed by atoms with Crippen LogP contribution in [-0.2, 0) is 0 Å². The number of urea groups is 1. The van der Waals surface area contributed by atoms with E-state index in [0.29, 0.717) is 26.2 Å². The lowest BCUT2D eigenvalue weighted by Crippen LogP contribution is -2.50. The third kappa shape index (κ3) is 3.68. The van der Waals surface area contributed by atoms with Crippen LogP contribution in [0.25, 0.3) is 10.2 Å². The molecular formula is C18H17N5O3S. The highest BCUT2D eigenvalue weighted by Gasteiger charge is 2.23. The summed E-state index contributed by atoms with van der Waals surface area (Å²) in [5.41, 5.74) is 1.60. The van der Waals surface area contributed by atoms with Crippen molar-refractivity contribution >= 4 is 44.1 Å². The smallest absolute Gasteiger partial charge is 0.321 e. The van der Waals surface area contributed by atoms with Crippen molar-refractivity contribution in [3.8, 4) is 0 Å². The normalized spacial score (nSPS) is 14.4. The summed E-state index contributed by atoms with van der Waals surface area (Å²) in [6, 6.07) is 14.0. The van der Waals surface area contributed by atoms with Gasteiger partial charge < -0.3 is 15.1 Å². The Morgan fingerprint density at radius 3 is 2.56 bits per heavy atom. The molecule has 0 spiro atoms. The van der Waals surface area contributed by atoms with Gasteiger partial charge in [0.2, 0.25) is 0 Å². The highest BCUT2D eigenvalue weighted by molar-refractivity contribution is 7.22. The molecule has 8 nitrogen and oxygen atoms in total. The van der Waals surface area contributed by atoms with E-state index in [1.54, 1.807) is 17.0 Å². The van der Waals surface area contributed by atoms with Gasteiger partial charge in [-0.25, -0.2) is 9.78 Å². The average molecular weight is 383 g/mol. The molecule has 1 fully saturated rings. The fourth-order valence-corrected chi connectivity index (χ4v) is 4.03. The van der Waals surface area contributed by atoms with Crippen LogP contribution in [0.1, 0.15) is 0 Å². The topological polar surface area (TPSA) is 91.6 Å². The van der Waals surface area contributed by atoms with Gasteiger partial charge in [-0.05, 0) is 18.2 Å². The standard InChI is InChI=1S/C18H17N5O3S/c24-17(19-13-4-2-1-3-5-13)21-8-10-22(11-9-21)18-20-15-7-6-14(23(25)26)12-16(15)27-18/h1-7,12H,8-11H2,(H,19,24). The molecule has 0 unspecified atom stereocenters. The van der Waals surface area contributed by atoms with E-state index in [1.165, 1.54) is 17.4 Å². The number of carbonyl (C=O) groups is 1. The molecule has 0 aliphatic carbocycles. The van der Waals surface area contributed by atoms with E-state index < -0.39 is 4.92 Å². The van der Waals surface area contributed by atoms with Crippen LogP contribution >= 0.6 is 11.3 Å². The number of nitrogens with zero attached hydrogens (tertiary/aromatic N) is 4. The number of nitro groups is 1. The van der Waals surface area contributed by atoms with Crippen LogP contribution < -0.4 is 10.2 Å². The lowest BCUT2D eigenvalue weighted by molar-refractivity contribution is -0.384. The zero-order chi connectivity index (χ0) is 18.8. The number of benzene rings is 2. The minimum atomic E-state index is -0.400. The SMILES string of the molecule is O=C(Nc1ccccc1)N1CCN(c2nc3ccc([N+](=O)[O-])cc3s2)CC1. The third-order valence-corrected chi connectivity index (χ3v) is 5.51. The first-order valence-electron chi connectivity index (χ1n) is 8.51. The first-order valence-corrected chi connectivity index (χ1v) is 9.33. The molecule has 1 aliphatic heterocycles. The number of amides is 2. The maximum atomic E-state index is 12.4. The lowest BCUT2D eigenvalue weighted by Gasteiger charge is -2.34. The molecule has 27 heavy (non-hydrogen) atoms. The van der Waals surface area contributed by atoms with Crippen molar-refractivity contribution in [1.82, 2.24) is 9.88 Å². The van der Waals surface area contributed by atoms with Crippen molar-refractivity contribution in [2.45, 2.75) is 0 Å². The van der Waals surface area contributed by atoms with Gasteiger partial charge in [-0.2, -0.15) is 0 Å². The van der Waals surface area contributed by atoms with Crippen LogP contribution in [0.4, 0.5) is 21.3 Å². The number of hydrogen-bond donors (Lipinski definition) is 1. The van der Waals surface area contributed by atoms with E-state index >= 15 is 0 Å². The molecule has 2 amide bonds. The Morgan fingerprint density at radius 2 is 1.85 bits per heavy atom. The predicted octanol–water partition coefficient (Wildman–Crippen LogP) is 3.56. The first-order chi connectivity index (χ1) is 13.1. The van der Waals surface area contributed by atoms with Crippen LogP contribution in [0, 0.1) is 10.1 Å². The van der Waals surface area contributed by atoms with Crippen molar-refractivity contribution in [2.75, 3.05) is 36.4 Å². The zero-order valence-corrected chi connectivity index (χ0v) is 15.2. The van der Waals surface area contributed by atoms with Gasteiger partial charge in [0.25, 0.3) is 5.69 Å². The van der Waals surface area contributed by atoms with E-state index in [9.17, 15) is 14.9 Å². The number of rotatable bonds is 3. The monoisotopic (exact) mass is 383 g/mol. The van der Waals surface area contributed by atoms with Gasteiger partial charge in [0.05, 0.1) is 15.1 Å². The second-order valence-electron chi connectivity index (χ2n) is 6.18. The Bertz CT molecular complexity index is 983. The minimum absolute atomic E-state index is 0.0695. The molecule has 1 aromatic heterocycles. The summed E-state index contributed by atoms with van der Waals surface area (Å²) in [5.74, 6) is 0. The van der Waals surface area contributed by atoms with Gasteiger partial charge in [-0.1, -0.05) is 29.5 Å². The lowest BCUT2D eigenvalue weighted by atomic mass is 10.3. The quantitative estimate of drug-likeness (QED) is 0.551. The second kappa shape index (κ2) is 7.20. The van der Waals surface area contributed by atoms with Gasteiger partial charge in [0.15, 0.2) is 5.13 Å². The summed E-state index contributed by atoms with van der Waals surface area (Å²) < 4.78 is 0.795. The Balaban J connectivity index is 1.41. The van der Waals surface area contributed by atoms with Crippen LogP contribution in [0.3, 0.4) is 0 Å². The highest BCUT2D eigenvalue weighted by Crippen LogP contribution is 2.31. The molecule has 1 aliphatic rings. The Hall–Kier alpha value is -3.20. The van der Waals surface area contributed by atoms with E-state index in [0.717, 1.165) is 21.0 Å². The van der Waals surface area contributed by atoms with Gasteiger partial charge in [0, 0.05) is 44.0 Å². The number of anilines is 2. The van der Waals surface area contributed by atoms with Crippen molar-refractivity contribution in [3.63, 3.8) is 0 Å². The number of para-hydroxylation sites is 1. The summed E-state index contributed by atoms with van der Waals surface area (Å²) in [4.78, 5) is 31.4. The molecule has 4 rings (SSSR count). The number of non-ortho nitro benzene ring substituents is 1. The molecule has 0 radical (unpaired) electrons. The number of piperazine rings is 1. The van der Waals surface area contributed by atoms with Crippen LogP contribution in [0.5, 0.6) is 0 Å². The number of nitrogens with one attached hydrogen (secondary N) is 1. The molecule has 138 valence electrons. The molecule has 2 aromatic carbocycles. The highest BCUT2D eigenvalue weighted by atomic mass is 32.1. The van der Waals surface area contributed by atoms with E-state index in [4.69, 9.17) is 0 Å². The van der Waals surface area contributed by atoms with Crippen LogP contribution in [0.15, 0.2) is 48.5 Å². The molecule has 1 N–H and O–H groups in total. The number of fused-ring (bicyclic) bond motifs is 1. The summed E-state index contributed by atoms with van der Waals surface area (Å²) >= 11 is 1.44. The van der Waals surface area contributed by atoms with Gasteiger partial charge in [-0.15, -0.1) is 0 Å². The number of carbonyl (C=O) groups excluding carboxylic acids is 1. The zero-order valence-electron chi connectivity index (χ0n) is 14.4. The van der Waals surface area contributed by atoms with Crippen molar-refractivity contribution in [2.24, 2.45) is 0 Å². The van der Waals surface area contributed by atoms with E-state index in [2.05, 4.69) is 15.2 Å². The fraction of sp³-hybridized carbons (Fsp3) is 0.222. The van der Waals surface area contributed by atoms with Crippen molar-refractivity contribution in [3.05, 3.63) is 58.6 Å². The average Bonchev–Trinajstić information content (AvgIpc) is 3.12. The molecule has 0 bridgehead atoms. The van der Waals surface area contributed by atoms with Crippen LogP contribution in [0.2, 0.25) is 0 Å². The molecule has 0 saturated carbocycles. The van der Waals surface area contributed by atoms with E-state index in [-0.39, 0.29) is 11.7 Å². The fourth-order valence-electron chi connectivity index (χ4n) is 2.97. The van der Waals surface area contributed by atoms with Gasteiger partial charge in [0.1, 0.15) is 0 Å². The largest absolute Gasteiger partial charge is 0.345 e. The summed E-state index contributed by atoms with van der Waals surface area (Å²) in [6.07, 6.45) is 0. The van der Waals surface area contributed by atoms with E-state index in [1.807, 2.05) is 30.3 Å². The summed E-state index contributed by atoms with van der Waals surface area (Å²) in [6.45, 7) is 2.53. The van der Waals surface area contributed by atoms with Gasteiger partial charge >= 0.3 is 6.03 Å². The molecule has 3 aromatic rings. The van der Waals surface area contributed by atoms with Gasteiger partial charge in [-0.3, -0.25) is 10.1 Å². The Morgan fingerprint density at radius 1 is 1.11 bits per heavy atom. The van der Waals surface area contributed by atoms with Crippen molar-refractivity contribution < 1.29 is 9.72 Å². The number of hydrogen-bond acceptors (Lipinski definition) is 6. The van der Waals surface area contributed by atoms with Crippen molar-refractivity contribution in [1.29, 1.82) is 0 Å². The molecule has 2 heterocycles. The second-order valence-corrected chi connectivity index (χ2v) is 7.18. The molecular weight excluding hydrogens is 366 g/mol. The Kier molecular flexibility index (Phi) is 4.59. The summed E-state index contributed by atoms with van der Waals surface area (Å²) in [5, 5.41) is 14.6.